The van der Waals surface area contributed by atoms with Gasteiger partial charge in [-0.15, -0.1) is 0 Å². The third-order valence-corrected chi connectivity index (χ3v) is 3.89. The lowest BCUT2D eigenvalue weighted by Crippen LogP contribution is -2.10. The molecule has 0 heterocycles. The van der Waals surface area contributed by atoms with Gasteiger partial charge in [0.05, 0.1) is 0 Å². The van der Waals surface area contributed by atoms with Crippen LogP contribution in [0.5, 0.6) is 0 Å². The summed E-state index contributed by atoms with van der Waals surface area (Å²) >= 11 is 0. The number of hydrogen-bond donors (Lipinski definition) is 0. The summed E-state index contributed by atoms with van der Waals surface area (Å²) in [6.07, 6.45) is 0.989. The average Bonchev–Trinajstić information content (AvgIpc) is 2.37. The lowest BCUT2D eigenvalue weighted by atomic mass is 10.00. The zero-order valence-corrected chi connectivity index (χ0v) is 14.1. The Balaban J connectivity index is 2.22. The number of nitrogens with zero attached hydrogens (tertiary/aromatic N) is 2. The van der Waals surface area contributed by atoms with Crippen LogP contribution in [-0.4, -0.2) is 28.2 Å². The van der Waals surface area contributed by atoms with Crippen molar-refractivity contribution in [3.63, 3.8) is 0 Å². The molecule has 0 aliphatic carbocycles. The van der Waals surface area contributed by atoms with Crippen LogP contribution >= 0.6 is 0 Å². The molecule has 2 aromatic rings. The van der Waals surface area contributed by atoms with E-state index in [1.54, 1.807) is 0 Å². The highest BCUT2D eigenvalue weighted by molar-refractivity contribution is 5.55. The Morgan fingerprint density at radius 2 is 1.05 bits per heavy atom. The summed E-state index contributed by atoms with van der Waals surface area (Å²) < 4.78 is 0. The van der Waals surface area contributed by atoms with Gasteiger partial charge >= 0.3 is 0 Å². The molecular formula is C19H26N2. The van der Waals surface area contributed by atoms with E-state index in [2.05, 4.69) is 88.2 Å². The summed E-state index contributed by atoms with van der Waals surface area (Å²) in [6.45, 7) is 4.36. The van der Waals surface area contributed by atoms with Gasteiger partial charge in [-0.1, -0.05) is 24.3 Å². The van der Waals surface area contributed by atoms with E-state index in [9.17, 15) is 0 Å². The van der Waals surface area contributed by atoms with Gasteiger partial charge in [-0.2, -0.15) is 0 Å². The molecule has 112 valence electrons. The average molecular weight is 282 g/mol. The Kier molecular flexibility index (Phi) is 4.56. The van der Waals surface area contributed by atoms with Crippen molar-refractivity contribution in [3.8, 4) is 0 Å². The van der Waals surface area contributed by atoms with Gasteiger partial charge in [0.2, 0.25) is 0 Å². The quantitative estimate of drug-likeness (QED) is 0.835. The Bertz CT molecular complexity index is 572. The maximum absolute atomic E-state index is 2.30. The smallest absolute Gasteiger partial charge is 0.0390 e. The van der Waals surface area contributed by atoms with E-state index in [0.29, 0.717) is 0 Å². The van der Waals surface area contributed by atoms with Crippen molar-refractivity contribution in [1.29, 1.82) is 0 Å². The first-order chi connectivity index (χ1) is 9.88. The van der Waals surface area contributed by atoms with Crippen molar-refractivity contribution in [2.75, 3.05) is 38.0 Å². The van der Waals surface area contributed by atoms with Crippen LogP contribution in [0.25, 0.3) is 0 Å². The summed E-state index contributed by atoms with van der Waals surface area (Å²) in [6, 6.07) is 13.5. The highest BCUT2D eigenvalue weighted by Crippen LogP contribution is 2.23. The first-order valence-corrected chi connectivity index (χ1v) is 7.42. The first kappa shape index (κ1) is 15.4. The number of benzene rings is 2. The largest absolute Gasteiger partial charge is 0.377 e. The Hall–Kier alpha value is -1.96. The molecule has 2 aromatic carbocycles. The van der Waals surface area contributed by atoms with Gasteiger partial charge in [0.1, 0.15) is 0 Å². The molecule has 0 fully saturated rings. The third kappa shape index (κ3) is 3.57. The van der Waals surface area contributed by atoms with E-state index < -0.39 is 0 Å². The number of hydrogen-bond acceptors (Lipinski definition) is 2. The standard InChI is InChI=1S/C19H26N2/c1-14-11-16(7-9-18(14)20(3)4)13-17-8-10-19(21(5)6)15(2)12-17/h7-12H,13H2,1-6H3. The molecule has 0 saturated carbocycles. The van der Waals surface area contributed by atoms with E-state index in [-0.39, 0.29) is 0 Å². The Morgan fingerprint density at radius 3 is 1.33 bits per heavy atom. The van der Waals surface area contributed by atoms with Gasteiger partial charge in [0.15, 0.2) is 0 Å². The molecule has 0 radical (unpaired) electrons. The zero-order valence-electron chi connectivity index (χ0n) is 14.1. The second-order valence-electron chi connectivity index (χ2n) is 6.21. The van der Waals surface area contributed by atoms with Crippen molar-refractivity contribution in [2.24, 2.45) is 0 Å². The Labute approximate surface area is 129 Å². The van der Waals surface area contributed by atoms with Crippen LogP contribution in [0.2, 0.25) is 0 Å². The number of aryl methyl sites for hydroxylation is 2. The van der Waals surface area contributed by atoms with Crippen LogP contribution in [0, 0.1) is 13.8 Å². The molecular weight excluding hydrogens is 256 g/mol. The molecule has 0 N–H and O–H groups in total. The highest BCUT2D eigenvalue weighted by Gasteiger charge is 2.05. The van der Waals surface area contributed by atoms with Gasteiger partial charge in [0, 0.05) is 39.6 Å². The van der Waals surface area contributed by atoms with Gasteiger partial charge < -0.3 is 9.80 Å². The molecule has 0 bridgehead atoms. The molecule has 0 spiro atoms. The molecule has 0 aliphatic rings. The maximum atomic E-state index is 2.30. The van der Waals surface area contributed by atoms with E-state index in [4.69, 9.17) is 0 Å². The molecule has 0 saturated heterocycles. The molecule has 0 aliphatic heterocycles. The second-order valence-corrected chi connectivity index (χ2v) is 6.21. The van der Waals surface area contributed by atoms with Crippen molar-refractivity contribution < 1.29 is 0 Å². The molecule has 0 atom stereocenters. The molecule has 2 nitrogen and oxygen atoms in total. The van der Waals surface area contributed by atoms with Crippen LogP contribution in [0.1, 0.15) is 22.3 Å². The minimum Gasteiger partial charge on any atom is -0.377 e. The van der Waals surface area contributed by atoms with Crippen LogP contribution in [0.4, 0.5) is 11.4 Å². The molecule has 21 heavy (non-hydrogen) atoms. The minimum atomic E-state index is 0.989. The summed E-state index contributed by atoms with van der Waals surface area (Å²) in [7, 11) is 8.35. The van der Waals surface area contributed by atoms with Crippen molar-refractivity contribution in [1.82, 2.24) is 0 Å². The van der Waals surface area contributed by atoms with E-state index in [0.717, 1.165) is 6.42 Å². The minimum absolute atomic E-state index is 0.989. The van der Waals surface area contributed by atoms with Gasteiger partial charge in [-0.05, 0) is 54.7 Å². The topological polar surface area (TPSA) is 6.48 Å². The van der Waals surface area contributed by atoms with E-state index >= 15 is 0 Å². The monoisotopic (exact) mass is 282 g/mol. The fraction of sp³-hybridized carbons (Fsp3) is 0.368. The Morgan fingerprint density at radius 1 is 0.667 bits per heavy atom. The lowest BCUT2D eigenvalue weighted by Gasteiger charge is -2.18. The predicted octanol–water partition coefficient (Wildman–Crippen LogP) is 4.03. The van der Waals surface area contributed by atoms with Crippen LogP contribution in [0.15, 0.2) is 36.4 Å². The molecule has 2 rings (SSSR count). The molecule has 0 aromatic heterocycles. The third-order valence-electron chi connectivity index (χ3n) is 3.89. The number of rotatable bonds is 4. The van der Waals surface area contributed by atoms with E-state index in [1.807, 2.05) is 0 Å². The fourth-order valence-corrected chi connectivity index (χ4v) is 2.89. The predicted molar refractivity (Wildman–Crippen MR) is 93.8 cm³/mol. The zero-order chi connectivity index (χ0) is 15.6. The SMILES string of the molecule is Cc1cc(Cc2ccc(N(C)C)c(C)c2)ccc1N(C)C. The van der Waals surface area contributed by atoms with Crippen LogP contribution < -0.4 is 9.80 Å². The van der Waals surface area contributed by atoms with Crippen LogP contribution in [-0.2, 0) is 6.42 Å². The lowest BCUT2D eigenvalue weighted by molar-refractivity contribution is 1.09. The maximum Gasteiger partial charge on any atom is 0.0390 e. The first-order valence-electron chi connectivity index (χ1n) is 7.42. The van der Waals surface area contributed by atoms with Gasteiger partial charge in [-0.25, -0.2) is 0 Å². The summed E-state index contributed by atoms with van der Waals surface area (Å²) in [5.41, 5.74) is 7.99. The normalized spacial score (nSPS) is 10.6. The second kappa shape index (κ2) is 6.21. The highest BCUT2D eigenvalue weighted by atomic mass is 15.1. The van der Waals surface area contributed by atoms with Gasteiger partial charge in [0.25, 0.3) is 0 Å². The molecule has 0 amide bonds. The van der Waals surface area contributed by atoms with Gasteiger partial charge in [-0.3, -0.25) is 0 Å². The fourth-order valence-electron chi connectivity index (χ4n) is 2.89. The molecule has 0 unspecified atom stereocenters. The van der Waals surface area contributed by atoms with Crippen molar-refractivity contribution >= 4 is 11.4 Å². The van der Waals surface area contributed by atoms with Crippen molar-refractivity contribution in [3.05, 3.63) is 58.7 Å². The van der Waals surface area contributed by atoms with Crippen LogP contribution in [0.3, 0.4) is 0 Å². The summed E-state index contributed by atoms with van der Waals surface area (Å²) in [4.78, 5) is 4.32. The van der Waals surface area contributed by atoms with E-state index in [1.165, 1.54) is 33.6 Å². The molecule has 2 heteroatoms. The summed E-state index contributed by atoms with van der Waals surface area (Å²) in [5, 5.41) is 0. The van der Waals surface area contributed by atoms with Crippen molar-refractivity contribution in [2.45, 2.75) is 20.3 Å². The summed E-state index contributed by atoms with van der Waals surface area (Å²) in [5.74, 6) is 0. The number of anilines is 2.